The van der Waals surface area contributed by atoms with Crippen molar-refractivity contribution in [3.05, 3.63) is 72.3 Å². The molecule has 0 unspecified atom stereocenters. The minimum atomic E-state index is -1.49. The third-order valence-electron chi connectivity index (χ3n) is 6.72. The number of halogens is 2. The van der Waals surface area contributed by atoms with Gasteiger partial charge in [0.2, 0.25) is 5.91 Å². The molecule has 0 saturated carbocycles. The van der Waals surface area contributed by atoms with E-state index in [0.717, 1.165) is 30.7 Å². The number of hydrogen-bond acceptors (Lipinski definition) is 8. The number of rotatable bonds is 13. The van der Waals surface area contributed by atoms with E-state index in [1.54, 1.807) is 19.6 Å². The molecule has 12 heteroatoms. The van der Waals surface area contributed by atoms with Crippen LogP contribution in [0.2, 0.25) is 0 Å². The molecule has 1 saturated heterocycles. The normalized spacial score (nSPS) is 17.7. The number of ether oxygens (including phenoxy) is 4. The van der Waals surface area contributed by atoms with Gasteiger partial charge in [-0.05, 0) is 36.2 Å². The van der Waals surface area contributed by atoms with Gasteiger partial charge in [0.05, 0.1) is 26.6 Å². The molecular formula is C29H36F2N4O6. The molecular weight excluding hydrogens is 538 g/mol. The van der Waals surface area contributed by atoms with Gasteiger partial charge in [-0.2, -0.15) is 0 Å². The van der Waals surface area contributed by atoms with Crippen LogP contribution in [0.5, 0.6) is 17.2 Å². The third-order valence-corrected chi connectivity index (χ3v) is 6.72. The summed E-state index contributed by atoms with van der Waals surface area (Å²) in [6.07, 6.45) is 6.21. The number of nitrogens with zero attached hydrogens (tertiary/aromatic N) is 4. The highest BCUT2D eigenvalue weighted by Gasteiger charge is 2.37. The van der Waals surface area contributed by atoms with E-state index in [9.17, 15) is 18.7 Å². The lowest BCUT2D eigenvalue weighted by Crippen LogP contribution is -2.52. The average molecular weight is 575 g/mol. The zero-order chi connectivity index (χ0) is 29.2. The number of carbonyl (C=O) groups is 1. The molecule has 0 spiro atoms. The van der Waals surface area contributed by atoms with Crippen LogP contribution in [0.4, 0.5) is 8.78 Å². The minimum absolute atomic E-state index is 0.00938. The number of aryl methyl sites for hydroxylation is 1. The summed E-state index contributed by atoms with van der Waals surface area (Å²) in [6, 6.07) is 8.86. The fraction of sp³-hybridized carbons (Fsp3) is 0.448. The molecule has 2 heterocycles. The van der Waals surface area contributed by atoms with Crippen LogP contribution in [0.1, 0.15) is 12.0 Å². The van der Waals surface area contributed by atoms with Crippen molar-refractivity contribution >= 4 is 5.91 Å². The molecule has 0 bridgehead atoms. The number of carbonyl (C=O) groups excluding carboxylic acids is 1. The third kappa shape index (κ3) is 8.62. The number of aromatic nitrogens is 2. The van der Waals surface area contributed by atoms with Crippen molar-refractivity contribution in [2.75, 3.05) is 60.2 Å². The number of amides is 1. The molecule has 4 rings (SSSR count). The van der Waals surface area contributed by atoms with Crippen LogP contribution in [0, 0.1) is 11.6 Å². The Morgan fingerprint density at radius 2 is 1.90 bits per heavy atom. The quantitative estimate of drug-likeness (QED) is 0.312. The first-order valence-electron chi connectivity index (χ1n) is 13.3. The van der Waals surface area contributed by atoms with Crippen molar-refractivity contribution in [2.24, 2.45) is 0 Å². The Kier molecular flexibility index (Phi) is 10.5. The van der Waals surface area contributed by atoms with Crippen LogP contribution in [0.15, 0.2) is 55.1 Å². The number of methoxy groups -OCH3 is 2. The van der Waals surface area contributed by atoms with Gasteiger partial charge in [0, 0.05) is 58.3 Å². The molecule has 1 amide bonds. The second kappa shape index (κ2) is 14.2. The first-order valence-corrected chi connectivity index (χ1v) is 13.3. The predicted octanol–water partition coefficient (Wildman–Crippen LogP) is 2.74. The predicted molar refractivity (Wildman–Crippen MR) is 146 cm³/mol. The fourth-order valence-corrected chi connectivity index (χ4v) is 4.72. The van der Waals surface area contributed by atoms with E-state index in [2.05, 4.69) is 4.98 Å². The Morgan fingerprint density at radius 1 is 1.05 bits per heavy atom. The maximum absolute atomic E-state index is 13.7. The Labute approximate surface area is 238 Å². The lowest BCUT2D eigenvalue weighted by molar-refractivity contribution is -0.138. The molecule has 1 aliphatic rings. The van der Waals surface area contributed by atoms with E-state index in [4.69, 9.17) is 18.9 Å². The van der Waals surface area contributed by atoms with Gasteiger partial charge in [-0.3, -0.25) is 9.69 Å². The maximum Gasteiger partial charge on any atom is 0.248 e. The van der Waals surface area contributed by atoms with Crippen LogP contribution in [-0.4, -0.2) is 96.2 Å². The van der Waals surface area contributed by atoms with Crippen molar-refractivity contribution < 1.29 is 37.6 Å². The van der Waals surface area contributed by atoms with Gasteiger partial charge in [-0.15, -0.1) is 0 Å². The summed E-state index contributed by atoms with van der Waals surface area (Å²) in [5, 5.41) is 11.6. The van der Waals surface area contributed by atoms with E-state index < -0.39 is 17.2 Å². The lowest BCUT2D eigenvalue weighted by Gasteiger charge is -2.33. The maximum atomic E-state index is 13.7. The van der Waals surface area contributed by atoms with Crippen molar-refractivity contribution in [3.63, 3.8) is 0 Å². The summed E-state index contributed by atoms with van der Waals surface area (Å²) < 4.78 is 51.2. The topological polar surface area (TPSA) is 98.5 Å². The number of hydrogen-bond donors (Lipinski definition) is 1. The molecule has 3 aromatic rings. The highest BCUT2D eigenvalue weighted by molar-refractivity contribution is 5.77. The van der Waals surface area contributed by atoms with Gasteiger partial charge >= 0.3 is 0 Å². The van der Waals surface area contributed by atoms with E-state index in [0.29, 0.717) is 37.7 Å². The van der Waals surface area contributed by atoms with Crippen LogP contribution < -0.4 is 14.2 Å². The van der Waals surface area contributed by atoms with Crippen LogP contribution in [0.25, 0.3) is 0 Å². The molecule has 10 nitrogen and oxygen atoms in total. The summed E-state index contributed by atoms with van der Waals surface area (Å²) in [6.45, 7) is 2.41. The van der Waals surface area contributed by atoms with Gasteiger partial charge in [-0.1, -0.05) is 6.07 Å². The first-order chi connectivity index (χ1) is 19.8. The van der Waals surface area contributed by atoms with Gasteiger partial charge in [0.1, 0.15) is 24.6 Å². The van der Waals surface area contributed by atoms with E-state index in [1.807, 2.05) is 33.9 Å². The van der Waals surface area contributed by atoms with E-state index in [1.165, 1.54) is 18.1 Å². The second-order valence-corrected chi connectivity index (χ2v) is 10.0. The molecule has 2 aromatic carbocycles. The largest absolute Gasteiger partial charge is 0.493 e. The molecule has 1 aliphatic heterocycles. The zero-order valence-electron chi connectivity index (χ0n) is 23.3. The van der Waals surface area contributed by atoms with E-state index in [-0.39, 0.29) is 38.0 Å². The summed E-state index contributed by atoms with van der Waals surface area (Å²) in [5.41, 5.74) is -0.569. The lowest BCUT2D eigenvalue weighted by atomic mass is 10.0. The molecule has 1 N–H and O–H groups in total. The molecule has 1 fully saturated rings. The van der Waals surface area contributed by atoms with Crippen LogP contribution in [-0.2, 0) is 22.6 Å². The van der Waals surface area contributed by atoms with Gasteiger partial charge in [0.15, 0.2) is 23.1 Å². The molecule has 1 aromatic heterocycles. The Bertz CT molecular complexity index is 1280. The fourth-order valence-electron chi connectivity index (χ4n) is 4.72. The first kappa shape index (κ1) is 30.2. The van der Waals surface area contributed by atoms with Crippen LogP contribution in [0.3, 0.4) is 0 Å². The molecule has 222 valence electrons. The summed E-state index contributed by atoms with van der Waals surface area (Å²) >= 11 is 0. The molecule has 0 aliphatic carbocycles. The van der Waals surface area contributed by atoms with Crippen molar-refractivity contribution in [1.82, 2.24) is 19.4 Å². The highest BCUT2D eigenvalue weighted by atomic mass is 19.2. The minimum Gasteiger partial charge on any atom is -0.493 e. The molecule has 1 atom stereocenters. The molecule has 41 heavy (non-hydrogen) atoms. The SMILES string of the molecule is COCC(=O)N1CCN(Cc2ccc(OCCCn3ccnc3)c(OC)c2)C[C@@](O)(COc2ccc(F)c(F)c2)C1. The summed E-state index contributed by atoms with van der Waals surface area (Å²) in [7, 11) is 3.01. The Balaban J connectivity index is 1.42. The average Bonchev–Trinajstić information content (AvgIpc) is 3.42. The number of β-amino-alcohol motifs (C(OH)–C–C–N with tert-alkyl or cyclic N) is 1. The Hall–Kier alpha value is -3.74. The molecule has 0 radical (unpaired) electrons. The van der Waals surface area contributed by atoms with Gasteiger partial charge < -0.3 is 33.5 Å². The summed E-state index contributed by atoms with van der Waals surface area (Å²) in [5.74, 6) is -1.01. The zero-order valence-corrected chi connectivity index (χ0v) is 23.3. The van der Waals surface area contributed by atoms with Gasteiger partial charge in [0.25, 0.3) is 0 Å². The number of benzene rings is 2. The van der Waals surface area contributed by atoms with Gasteiger partial charge in [-0.25, -0.2) is 13.8 Å². The highest BCUT2D eigenvalue weighted by Crippen LogP contribution is 2.29. The Morgan fingerprint density at radius 3 is 2.63 bits per heavy atom. The summed E-state index contributed by atoms with van der Waals surface area (Å²) in [4.78, 5) is 20.2. The second-order valence-electron chi connectivity index (χ2n) is 10.0. The number of aliphatic hydroxyl groups is 1. The van der Waals surface area contributed by atoms with Crippen molar-refractivity contribution in [3.8, 4) is 17.2 Å². The van der Waals surface area contributed by atoms with Crippen molar-refractivity contribution in [2.45, 2.75) is 25.1 Å². The monoisotopic (exact) mass is 574 g/mol. The van der Waals surface area contributed by atoms with Crippen molar-refractivity contribution in [1.29, 1.82) is 0 Å². The smallest absolute Gasteiger partial charge is 0.248 e. The number of imidazole rings is 1. The van der Waals surface area contributed by atoms with Crippen LogP contribution >= 0.6 is 0 Å². The van der Waals surface area contributed by atoms with E-state index >= 15 is 0 Å². The standard InChI is InChI=1S/C29H36F2N4O6/c1-38-17-28(36)35-12-11-34(18-29(37,19-35)20-41-23-5-6-24(30)25(31)15-23)16-22-4-7-26(27(14-22)39-2)40-13-3-9-33-10-8-32-21-33/h4-8,10,14-15,21,37H,3,9,11-13,16-20H2,1-2H3/t29-/m0/s1.